The van der Waals surface area contributed by atoms with Gasteiger partial charge in [0.15, 0.2) is 0 Å². The van der Waals surface area contributed by atoms with Crippen molar-refractivity contribution in [3.63, 3.8) is 0 Å². The number of halogens is 3. The first-order valence-corrected chi connectivity index (χ1v) is 10.3. The van der Waals surface area contributed by atoms with E-state index in [1.165, 1.54) is 36.5 Å². The summed E-state index contributed by atoms with van der Waals surface area (Å²) >= 11 is 1.14. The Hall–Kier alpha value is -4.50. The van der Waals surface area contributed by atoms with Crippen molar-refractivity contribution in [2.45, 2.75) is 6.18 Å². The molecule has 34 heavy (non-hydrogen) atoms. The van der Waals surface area contributed by atoms with Crippen LogP contribution < -0.4 is 10.9 Å². The highest BCUT2D eigenvalue weighted by Gasteiger charge is 2.33. The third-order valence-electron chi connectivity index (χ3n) is 4.64. The Morgan fingerprint density at radius 1 is 1.24 bits per heavy atom. The van der Waals surface area contributed by atoms with E-state index in [0.717, 1.165) is 17.4 Å². The fraction of sp³-hybridized carbons (Fsp3) is 0.0455. The van der Waals surface area contributed by atoms with Gasteiger partial charge in [-0.3, -0.25) is 10.1 Å². The number of nitrogens with one attached hydrogen (secondary N) is 1. The molecule has 12 heteroatoms. The number of nitrogens with zero attached hydrogens (tertiary/aromatic N) is 3. The third-order valence-corrected chi connectivity index (χ3v) is 5.52. The Bertz CT molecular complexity index is 1550. The lowest BCUT2D eigenvalue weighted by atomic mass is 10.1. The van der Waals surface area contributed by atoms with Gasteiger partial charge in [0.2, 0.25) is 0 Å². The van der Waals surface area contributed by atoms with E-state index in [2.05, 4.69) is 10.3 Å². The molecule has 1 N–H and O–H groups in total. The van der Waals surface area contributed by atoms with E-state index in [1.807, 2.05) is 6.07 Å². The highest BCUT2D eigenvalue weighted by Crippen LogP contribution is 2.34. The third kappa shape index (κ3) is 4.64. The lowest BCUT2D eigenvalue weighted by Gasteiger charge is -2.10. The van der Waals surface area contributed by atoms with Crippen LogP contribution in [0.3, 0.4) is 0 Å². The van der Waals surface area contributed by atoms with Crippen molar-refractivity contribution < 1.29 is 22.5 Å². The van der Waals surface area contributed by atoms with Gasteiger partial charge < -0.3 is 9.73 Å². The molecule has 0 unspecified atom stereocenters. The quantitative estimate of drug-likeness (QED) is 0.164. The lowest BCUT2D eigenvalue weighted by molar-refractivity contribution is -0.384. The molecule has 0 bridgehead atoms. The number of hydrogen-bond donors (Lipinski definition) is 1. The van der Waals surface area contributed by atoms with Crippen molar-refractivity contribution in [1.82, 2.24) is 4.98 Å². The van der Waals surface area contributed by atoms with E-state index in [4.69, 9.17) is 4.42 Å². The number of rotatable bonds is 5. The molecule has 2 aromatic heterocycles. The molecule has 0 atom stereocenters. The first-order valence-electron chi connectivity index (χ1n) is 9.38. The summed E-state index contributed by atoms with van der Waals surface area (Å²) < 4.78 is 44.5. The Balaban J connectivity index is 1.62. The second kappa shape index (κ2) is 8.80. The zero-order valence-corrected chi connectivity index (χ0v) is 17.6. The molecule has 170 valence electrons. The number of alkyl halides is 3. The molecule has 2 aromatic carbocycles. The van der Waals surface area contributed by atoms with Gasteiger partial charge in [-0.05, 0) is 12.1 Å². The first kappa shape index (κ1) is 22.7. The monoisotopic (exact) mass is 484 g/mol. The largest absolute Gasteiger partial charge is 0.423 e. The predicted octanol–water partition coefficient (Wildman–Crippen LogP) is 5.82. The summed E-state index contributed by atoms with van der Waals surface area (Å²) in [6, 6.07) is 12.0. The summed E-state index contributed by atoms with van der Waals surface area (Å²) in [5.41, 5.74) is -1.26. The second-order valence-electron chi connectivity index (χ2n) is 6.85. The van der Waals surface area contributed by atoms with Crippen LogP contribution in [0.2, 0.25) is 0 Å². The van der Waals surface area contributed by atoms with Crippen molar-refractivity contribution in [2.24, 2.45) is 0 Å². The topological polar surface area (TPSA) is 122 Å². The van der Waals surface area contributed by atoms with Crippen LogP contribution in [0.1, 0.15) is 10.6 Å². The first-order chi connectivity index (χ1) is 16.2. The van der Waals surface area contributed by atoms with Gasteiger partial charge in [-0.2, -0.15) is 18.4 Å². The number of nitro benzene ring substituents is 1. The van der Waals surface area contributed by atoms with Crippen LogP contribution in [0.25, 0.3) is 27.8 Å². The number of aromatic nitrogens is 1. The number of non-ortho nitro benzene ring substituents is 1. The molecule has 0 spiro atoms. The Morgan fingerprint density at radius 3 is 2.74 bits per heavy atom. The van der Waals surface area contributed by atoms with Gasteiger partial charge in [-0.1, -0.05) is 12.1 Å². The maximum absolute atomic E-state index is 13.2. The van der Waals surface area contributed by atoms with Crippen molar-refractivity contribution in [2.75, 3.05) is 5.32 Å². The summed E-state index contributed by atoms with van der Waals surface area (Å²) in [7, 11) is 0. The molecule has 0 aliphatic carbocycles. The van der Waals surface area contributed by atoms with E-state index in [9.17, 15) is 33.3 Å². The zero-order valence-electron chi connectivity index (χ0n) is 16.8. The van der Waals surface area contributed by atoms with Crippen LogP contribution >= 0.6 is 11.3 Å². The van der Waals surface area contributed by atoms with Gasteiger partial charge >= 0.3 is 11.8 Å². The van der Waals surface area contributed by atoms with Crippen molar-refractivity contribution in [1.29, 1.82) is 5.26 Å². The van der Waals surface area contributed by atoms with Crippen molar-refractivity contribution in [3.05, 3.63) is 91.2 Å². The Kier molecular flexibility index (Phi) is 5.87. The highest BCUT2D eigenvalue weighted by molar-refractivity contribution is 7.11. The molecule has 2 heterocycles. The number of fused-ring (bicyclic) bond motifs is 1. The van der Waals surface area contributed by atoms with Gasteiger partial charge in [-0.25, -0.2) is 9.78 Å². The standard InChI is InChI=1S/C22H11F3N4O4S/c23-22(24,25)17-8-20(30)33-19-7-14(4-5-16(17)19)27-10-13(9-26)21-28-18(11-34-21)12-2-1-3-15(6-12)29(31)32/h1-8,10-11,27H. The van der Waals surface area contributed by atoms with Crippen LogP contribution in [0, 0.1) is 21.4 Å². The normalized spacial score (nSPS) is 11.9. The fourth-order valence-electron chi connectivity index (χ4n) is 3.09. The van der Waals surface area contributed by atoms with Crippen LogP contribution in [0.5, 0.6) is 0 Å². The maximum Gasteiger partial charge on any atom is 0.417 e. The van der Waals surface area contributed by atoms with Crippen LogP contribution in [-0.2, 0) is 6.18 Å². The van der Waals surface area contributed by atoms with Gasteiger partial charge in [0, 0.05) is 52.5 Å². The smallest absolute Gasteiger partial charge is 0.417 e. The average Bonchev–Trinajstić information content (AvgIpc) is 3.28. The number of allylic oxidation sites excluding steroid dienone is 1. The summed E-state index contributed by atoms with van der Waals surface area (Å²) in [5.74, 6) is 0. The minimum Gasteiger partial charge on any atom is -0.423 e. The van der Waals surface area contributed by atoms with Crippen LogP contribution in [0.15, 0.2) is 69.3 Å². The highest BCUT2D eigenvalue weighted by atomic mass is 32.1. The lowest BCUT2D eigenvalue weighted by Crippen LogP contribution is -2.11. The molecule has 0 amide bonds. The number of thiazole rings is 1. The number of nitriles is 1. The van der Waals surface area contributed by atoms with E-state index >= 15 is 0 Å². The molecule has 0 aliphatic heterocycles. The number of hydrogen-bond acceptors (Lipinski definition) is 8. The molecule has 4 rings (SSSR count). The predicted molar refractivity (Wildman–Crippen MR) is 119 cm³/mol. The second-order valence-corrected chi connectivity index (χ2v) is 7.71. The molecular formula is C22H11F3N4O4S. The average molecular weight is 484 g/mol. The molecule has 4 aromatic rings. The molecule has 8 nitrogen and oxygen atoms in total. The molecule has 0 aliphatic rings. The minimum atomic E-state index is -4.72. The molecule has 0 radical (unpaired) electrons. The fourth-order valence-corrected chi connectivity index (χ4v) is 3.89. The molecule has 0 fully saturated rings. The van der Waals surface area contributed by atoms with E-state index < -0.39 is 22.3 Å². The zero-order chi connectivity index (χ0) is 24.5. The van der Waals surface area contributed by atoms with Crippen LogP contribution in [-0.4, -0.2) is 9.91 Å². The number of nitro groups is 1. The molecule has 0 saturated carbocycles. The summed E-state index contributed by atoms with van der Waals surface area (Å²) in [6.07, 6.45) is -3.41. The number of benzene rings is 2. The van der Waals surface area contributed by atoms with E-state index in [-0.39, 0.29) is 27.9 Å². The maximum atomic E-state index is 13.2. The SMILES string of the molecule is N#CC(=CNc1ccc2c(C(F)(F)F)cc(=O)oc2c1)c1nc(-c2cccc([N+](=O)[O-])c2)cs1. The minimum absolute atomic E-state index is 0.0959. The summed E-state index contributed by atoms with van der Waals surface area (Å²) in [5, 5.41) is 25.0. The Labute approximate surface area is 192 Å². The van der Waals surface area contributed by atoms with E-state index in [0.29, 0.717) is 22.3 Å². The molecular weight excluding hydrogens is 473 g/mol. The summed E-state index contributed by atoms with van der Waals surface area (Å²) in [6.45, 7) is 0. The van der Waals surface area contributed by atoms with Gasteiger partial charge in [0.25, 0.3) is 5.69 Å². The van der Waals surface area contributed by atoms with Gasteiger partial charge in [0.05, 0.1) is 16.2 Å². The van der Waals surface area contributed by atoms with Gasteiger partial charge in [-0.15, -0.1) is 11.3 Å². The van der Waals surface area contributed by atoms with E-state index in [1.54, 1.807) is 11.4 Å². The van der Waals surface area contributed by atoms with Crippen molar-refractivity contribution in [3.8, 4) is 17.3 Å². The van der Waals surface area contributed by atoms with Crippen molar-refractivity contribution >= 4 is 39.3 Å². The number of anilines is 1. The Morgan fingerprint density at radius 2 is 2.03 bits per heavy atom. The van der Waals surface area contributed by atoms with Gasteiger partial charge in [0.1, 0.15) is 22.2 Å². The van der Waals surface area contributed by atoms with Crippen LogP contribution in [0.4, 0.5) is 24.5 Å². The summed E-state index contributed by atoms with van der Waals surface area (Å²) in [4.78, 5) is 26.4. The molecule has 0 saturated heterocycles.